The molecule has 1 aromatic rings. The molecule has 1 amide bonds. The molecule has 1 fully saturated rings. The molecule has 0 aliphatic carbocycles. The van der Waals surface area contributed by atoms with E-state index in [4.69, 9.17) is 0 Å². The van der Waals surface area contributed by atoms with Gasteiger partial charge in [0.1, 0.15) is 0 Å². The quantitative estimate of drug-likeness (QED) is 0.782. The monoisotopic (exact) mass is 325 g/mol. The molecule has 120 valence electrons. The summed E-state index contributed by atoms with van der Waals surface area (Å²) in [7, 11) is -2.25. The van der Waals surface area contributed by atoms with Crippen molar-refractivity contribution in [2.24, 2.45) is 5.92 Å². The molecular formula is C15H19NO5S. The summed E-state index contributed by atoms with van der Waals surface area (Å²) in [6.45, 7) is 3.32. The zero-order valence-corrected chi connectivity index (χ0v) is 13.6. The third-order valence-electron chi connectivity index (χ3n) is 3.74. The van der Waals surface area contributed by atoms with E-state index in [9.17, 15) is 18.0 Å². The number of methoxy groups -OCH3 is 1. The first kappa shape index (κ1) is 16.5. The van der Waals surface area contributed by atoms with Crippen molar-refractivity contribution in [1.29, 1.82) is 0 Å². The molecular weight excluding hydrogens is 306 g/mol. The number of hydrogen-bond donors (Lipinski definition) is 0. The van der Waals surface area contributed by atoms with E-state index in [-0.39, 0.29) is 23.8 Å². The first-order valence-corrected chi connectivity index (χ1v) is 8.54. The summed E-state index contributed by atoms with van der Waals surface area (Å²) in [5.74, 6) is -1.30. The second-order valence-corrected chi connectivity index (χ2v) is 7.96. The zero-order valence-electron chi connectivity index (χ0n) is 12.8. The van der Waals surface area contributed by atoms with E-state index in [1.54, 1.807) is 32.0 Å². The molecule has 0 aromatic heterocycles. The van der Waals surface area contributed by atoms with Crippen LogP contribution in [0.2, 0.25) is 0 Å². The number of carbonyl (C=O) groups excluding carboxylic acids is 2. The lowest BCUT2D eigenvalue weighted by Gasteiger charge is -2.21. The number of ether oxygens (including phenoxy) is 1. The number of rotatable bonds is 4. The third-order valence-corrected chi connectivity index (χ3v) is 5.94. The maximum absolute atomic E-state index is 12.5. The predicted octanol–water partition coefficient (Wildman–Crippen LogP) is 1.39. The van der Waals surface area contributed by atoms with E-state index in [1.165, 1.54) is 18.1 Å². The van der Waals surface area contributed by atoms with Crippen molar-refractivity contribution in [2.45, 2.75) is 30.4 Å². The summed E-state index contributed by atoms with van der Waals surface area (Å²) in [5, 5.41) is -0.595. The fourth-order valence-corrected chi connectivity index (χ4v) is 3.69. The standard InChI is InChI=1S/C15H19NO5S/c1-10(2)22(19,20)13-7-5-4-6-12(13)16-9-11(8-14(16)17)15(18)21-3/h4-7,10-11H,8-9H2,1-3H3. The van der Waals surface area contributed by atoms with Gasteiger partial charge in [-0.3, -0.25) is 9.59 Å². The van der Waals surface area contributed by atoms with Gasteiger partial charge in [-0.2, -0.15) is 0 Å². The van der Waals surface area contributed by atoms with E-state index in [0.717, 1.165) is 0 Å². The van der Waals surface area contributed by atoms with E-state index < -0.39 is 27.0 Å². The van der Waals surface area contributed by atoms with Crippen LogP contribution in [0, 0.1) is 5.92 Å². The van der Waals surface area contributed by atoms with Gasteiger partial charge in [0.05, 0.1) is 28.9 Å². The molecule has 0 saturated carbocycles. The summed E-state index contributed by atoms with van der Waals surface area (Å²) in [6.07, 6.45) is 0.0305. The normalized spacial score (nSPS) is 18.8. The van der Waals surface area contributed by atoms with Crippen LogP contribution in [0.15, 0.2) is 29.2 Å². The van der Waals surface area contributed by atoms with Crippen LogP contribution in [0.4, 0.5) is 5.69 Å². The van der Waals surface area contributed by atoms with Gasteiger partial charge < -0.3 is 9.64 Å². The number of esters is 1. The minimum absolute atomic E-state index is 0.0305. The SMILES string of the molecule is COC(=O)C1CC(=O)N(c2ccccc2S(=O)(=O)C(C)C)C1. The molecule has 22 heavy (non-hydrogen) atoms. The van der Waals surface area contributed by atoms with Gasteiger partial charge in [-0.05, 0) is 26.0 Å². The number of carbonyl (C=O) groups is 2. The molecule has 1 aliphatic rings. The minimum Gasteiger partial charge on any atom is -0.469 e. The van der Waals surface area contributed by atoms with E-state index in [0.29, 0.717) is 5.69 Å². The van der Waals surface area contributed by atoms with Gasteiger partial charge in [-0.15, -0.1) is 0 Å². The third kappa shape index (κ3) is 2.85. The van der Waals surface area contributed by atoms with Gasteiger partial charge in [-0.25, -0.2) is 8.42 Å². The van der Waals surface area contributed by atoms with Gasteiger partial charge >= 0.3 is 5.97 Å². The number of benzene rings is 1. The van der Waals surface area contributed by atoms with Crippen LogP contribution in [0.25, 0.3) is 0 Å². The second-order valence-electron chi connectivity index (χ2n) is 5.49. The lowest BCUT2D eigenvalue weighted by Crippen LogP contribution is -2.28. The van der Waals surface area contributed by atoms with Crippen molar-refractivity contribution in [3.8, 4) is 0 Å². The maximum atomic E-state index is 12.5. The van der Waals surface area contributed by atoms with Gasteiger partial charge in [0.2, 0.25) is 5.91 Å². The highest BCUT2D eigenvalue weighted by Gasteiger charge is 2.38. The second kappa shape index (κ2) is 6.08. The Morgan fingerprint density at radius 1 is 1.32 bits per heavy atom. The van der Waals surface area contributed by atoms with Crippen LogP contribution < -0.4 is 4.90 Å². The zero-order chi connectivity index (χ0) is 16.5. The molecule has 1 aromatic carbocycles. The van der Waals surface area contributed by atoms with E-state index >= 15 is 0 Å². The Balaban J connectivity index is 2.43. The number of para-hydroxylation sites is 1. The molecule has 1 aliphatic heterocycles. The fourth-order valence-electron chi connectivity index (χ4n) is 2.44. The molecule has 0 radical (unpaired) electrons. The fraction of sp³-hybridized carbons (Fsp3) is 0.467. The summed E-state index contributed by atoms with van der Waals surface area (Å²) in [5.41, 5.74) is 0.326. The Morgan fingerprint density at radius 2 is 1.95 bits per heavy atom. The summed E-state index contributed by atoms with van der Waals surface area (Å²) in [4.78, 5) is 25.3. The van der Waals surface area contributed by atoms with Crippen molar-refractivity contribution in [3.63, 3.8) is 0 Å². The van der Waals surface area contributed by atoms with Gasteiger partial charge in [-0.1, -0.05) is 12.1 Å². The molecule has 1 atom stereocenters. The average Bonchev–Trinajstić information content (AvgIpc) is 2.88. The lowest BCUT2D eigenvalue weighted by molar-refractivity contribution is -0.145. The van der Waals surface area contributed by atoms with Crippen molar-refractivity contribution in [1.82, 2.24) is 0 Å². The van der Waals surface area contributed by atoms with Gasteiger partial charge in [0, 0.05) is 13.0 Å². The predicted molar refractivity (Wildman–Crippen MR) is 81.2 cm³/mol. The van der Waals surface area contributed by atoms with Gasteiger partial charge in [0.15, 0.2) is 9.84 Å². The molecule has 7 heteroatoms. The minimum atomic E-state index is -3.52. The smallest absolute Gasteiger partial charge is 0.311 e. The molecule has 1 heterocycles. The number of sulfone groups is 1. The largest absolute Gasteiger partial charge is 0.469 e. The van der Waals surface area contributed by atoms with Crippen LogP contribution in [0.1, 0.15) is 20.3 Å². The highest BCUT2D eigenvalue weighted by molar-refractivity contribution is 7.92. The Hall–Kier alpha value is -1.89. The summed E-state index contributed by atoms with van der Waals surface area (Å²) in [6, 6.07) is 6.38. The summed E-state index contributed by atoms with van der Waals surface area (Å²) < 4.78 is 29.6. The Kier molecular flexibility index (Phi) is 4.55. The van der Waals surface area contributed by atoms with Gasteiger partial charge in [0.25, 0.3) is 0 Å². The van der Waals surface area contributed by atoms with Crippen molar-refractivity contribution in [3.05, 3.63) is 24.3 Å². The van der Waals surface area contributed by atoms with Crippen molar-refractivity contribution >= 4 is 27.4 Å². The van der Waals surface area contributed by atoms with Crippen LogP contribution in [-0.4, -0.2) is 39.2 Å². The molecule has 0 spiro atoms. The topological polar surface area (TPSA) is 80.8 Å². The highest BCUT2D eigenvalue weighted by atomic mass is 32.2. The highest BCUT2D eigenvalue weighted by Crippen LogP contribution is 2.32. The number of hydrogen-bond acceptors (Lipinski definition) is 5. The number of amides is 1. The molecule has 1 saturated heterocycles. The molecule has 0 N–H and O–H groups in total. The van der Waals surface area contributed by atoms with Crippen LogP contribution in [0.5, 0.6) is 0 Å². The van der Waals surface area contributed by atoms with E-state index in [1.807, 2.05) is 0 Å². The Labute approximate surface area is 130 Å². The average molecular weight is 325 g/mol. The lowest BCUT2D eigenvalue weighted by atomic mass is 10.1. The molecule has 2 rings (SSSR count). The molecule has 6 nitrogen and oxygen atoms in total. The first-order chi connectivity index (χ1) is 10.3. The van der Waals surface area contributed by atoms with E-state index in [2.05, 4.69) is 4.74 Å². The van der Waals surface area contributed by atoms with Crippen LogP contribution >= 0.6 is 0 Å². The van der Waals surface area contributed by atoms with Crippen LogP contribution in [0.3, 0.4) is 0 Å². The first-order valence-electron chi connectivity index (χ1n) is 7.00. The number of anilines is 1. The Morgan fingerprint density at radius 3 is 2.55 bits per heavy atom. The summed E-state index contributed by atoms with van der Waals surface area (Å²) >= 11 is 0. The van der Waals surface area contributed by atoms with Crippen molar-refractivity contribution in [2.75, 3.05) is 18.6 Å². The molecule has 0 bridgehead atoms. The Bertz CT molecular complexity index is 696. The van der Waals surface area contributed by atoms with Crippen molar-refractivity contribution < 1.29 is 22.7 Å². The maximum Gasteiger partial charge on any atom is 0.311 e. The number of nitrogens with zero attached hydrogens (tertiary/aromatic N) is 1. The van der Waals surface area contributed by atoms with Crippen LogP contribution in [-0.2, 0) is 24.2 Å². The molecule has 1 unspecified atom stereocenters.